The molecule has 172 valence electrons. The standard InChI is InChI=1S/C10H8N4O.C8H13N.C6H13NO/c15-4-2-8-13-7-5-12-10-6(1-3-11-10)9(7)14-8;9-7-6-8-4-2-1-3-5-8;1-7-6-2-4-8-5-3-6/h1,3-5H,2H2,(H,11,12)(H,13,14);8H,1-6H2;6-7H,2-5H2,1H3. The Labute approximate surface area is 189 Å². The smallest absolute Gasteiger partial charge is 0.139 e. The Morgan fingerprint density at radius 1 is 1.25 bits per heavy atom. The van der Waals surface area contributed by atoms with E-state index < -0.39 is 0 Å². The Morgan fingerprint density at radius 2 is 2.03 bits per heavy atom. The molecule has 3 aromatic rings. The molecule has 1 saturated heterocycles. The van der Waals surface area contributed by atoms with Gasteiger partial charge in [-0.15, -0.1) is 0 Å². The Balaban J connectivity index is 0.000000147. The number of fused-ring (bicyclic) bond motifs is 3. The van der Waals surface area contributed by atoms with Crippen LogP contribution in [0.5, 0.6) is 0 Å². The average molecular weight is 439 g/mol. The number of nitriles is 1. The third-order valence-corrected chi connectivity index (χ3v) is 6.09. The summed E-state index contributed by atoms with van der Waals surface area (Å²) in [5, 5.41) is 12.6. The molecule has 0 unspecified atom stereocenters. The number of aldehydes is 1. The highest BCUT2D eigenvalue weighted by atomic mass is 16.5. The van der Waals surface area contributed by atoms with Crippen molar-refractivity contribution in [3.05, 3.63) is 24.3 Å². The van der Waals surface area contributed by atoms with Gasteiger partial charge in [0, 0.05) is 37.3 Å². The van der Waals surface area contributed by atoms with Crippen LogP contribution in [0.3, 0.4) is 0 Å². The summed E-state index contributed by atoms with van der Waals surface area (Å²) in [4.78, 5) is 25.0. The number of aromatic amines is 2. The van der Waals surface area contributed by atoms with Gasteiger partial charge >= 0.3 is 0 Å². The normalized spacial score (nSPS) is 17.1. The summed E-state index contributed by atoms with van der Waals surface area (Å²) in [5.41, 5.74) is 2.53. The second kappa shape index (κ2) is 12.9. The molecule has 1 aliphatic heterocycles. The van der Waals surface area contributed by atoms with Crippen LogP contribution in [0.1, 0.15) is 57.2 Å². The number of nitrogens with zero attached hydrogens (tertiary/aromatic N) is 3. The van der Waals surface area contributed by atoms with Gasteiger partial charge in [-0.2, -0.15) is 5.26 Å². The number of imidazole rings is 1. The number of hydrogen-bond acceptors (Lipinski definition) is 6. The van der Waals surface area contributed by atoms with Crippen molar-refractivity contribution in [2.24, 2.45) is 5.92 Å². The molecule has 8 nitrogen and oxygen atoms in total. The van der Waals surface area contributed by atoms with Crippen molar-refractivity contribution in [1.82, 2.24) is 25.3 Å². The Bertz CT molecular complexity index is 993. The van der Waals surface area contributed by atoms with Crippen molar-refractivity contribution in [1.29, 1.82) is 5.26 Å². The zero-order valence-electron chi connectivity index (χ0n) is 18.9. The first-order chi connectivity index (χ1) is 15.7. The summed E-state index contributed by atoms with van der Waals surface area (Å²) in [5.74, 6) is 1.42. The van der Waals surface area contributed by atoms with E-state index in [0.717, 1.165) is 53.9 Å². The Hall–Kier alpha value is -2.76. The van der Waals surface area contributed by atoms with E-state index in [1.54, 1.807) is 6.20 Å². The third kappa shape index (κ3) is 6.87. The van der Waals surface area contributed by atoms with Crippen molar-refractivity contribution >= 4 is 28.4 Å². The van der Waals surface area contributed by atoms with Gasteiger partial charge in [-0.3, -0.25) is 0 Å². The lowest BCUT2D eigenvalue weighted by atomic mass is 9.87. The lowest BCUT2D eigenvalue weighted by Crippen LogP contribution is -2.31. The highest BCUT2D eigenvalue weighted by molar-refractivity contribution is 6.00. The van der Waals surface area contributed by atoms with Crippen LogP contribution >= 0.6 is 0 Å². The van der Waals surface area contributed by atoms with Crippen LogP contribution in [-0.2, 0) is 16.0 Å². The van der Waals surface area contributed by atoms with Gasteiger partial charge in [0.2, 0.25) is 0 Å². The molecule has 4 heterocycles. The monoisotopic (exact) mass is 438 g/mol. The summed E-state index contributed by atoms with van der Waals surface area (Å²) in [6, 6.07) is 4.88. The third-order valence-electron chi connectivity index (χ3n) is 6.09. The number of carbonyl (C=O) groups is 1. The molecular formula is C24H34N6O2. The predicted octanol–water partition coefficient (Wildman–Crippen LogP) is 4.05. The SMILES string of the molecule is CNC1CCOCC1.N#CCC1CCCCC1.O=CCc1nc2c(cnc3[nH]ccc32)[nH]1. The topological polar surface area (TPSA) is 119 Å². The Morgan fingerprint density at radius 3 is 2.69 bits per heavy atom. The number of H-pyrrole nitrogens is 2. The van der Waals surface area contributed by atoms with Crippen LogP contribution in [0.25, 0.3) is 22.1 Å². The second-order valence-corrected chi connectivity index (χ2v) is 8.36. The first-order valence-corrected chi connectivity index (χ1v) is 11.6. The number of rotatable bonds is 4. The maximum absolute atomic E-state index is 10.4. The molecule has 0 spiro atoms. The lowest BCUT2D eigenvalue weighted by Gasteiger charge is -2.20. The second-order valence-electron chi connectivity index (χ2n) is 8.36. The fourth-order valence-corrected chi connectivity index (χ4v) is 4.21. The van der Waals surface area contributed by atoms with Crippen molar-refractivity contribution in [3.8, 4) is 6.07 Å². The number of ether oxygens (including phenoxy) is 1. The largest absolute Gasteiger partial charge is 0.381 e. The van der Waals surface area contributed by atoms with E-state index in [0.29, 0.717) is 18.3 Å². The lowest BCUT2D eigenvalue weighted by molar-refractivity contribution is -0.107. The van der Waals surface area contributed by atoms with E-state index in [2.05, 4.69) is 31.3 Å². The molecule has 0 atom stereocenters. The Kier molecular flexibility index (Phi) is 9.66. The number of hydrogen-bond donors (Lipinski definition) is 3. The average Bonchev–Trinajstić information content (AvgIpc) is 3.48. The molecule has 3 N–H and O–H groups in total. The van der Waals surface area contributed by atoms with Crippen molar-refractivity contribution in [3.63, 3.8) is 0 Å². The summed E-state index contributed by atoms with van der Waals surface area (Å²) in [6.45, 7) is 1.87. The molecule has 2 fully saturated rings. The molecule has 0 bridgehead atoms. The minimum atomic E-state index is 0.306. The molecule has 1 aliphatic carbocycles. The van der Waals surface area contributed by atoms with Crippen molar-refractivity contribution < 1.29 is 9.53 Å². The zero-order valence-corrected chi connectivity index (χ0v) is 18.9. The predicted molar refractivity (Wildman–Crippen MR) is 125 cm³/mol. The molecular weight excluding hydrogens is 404 g/mol. The maximum Gasteiger partial charge on any atom is 0.139 e. The highest BCUT2D eigenvalue weighted by Crippen LogP contribution is 2.25. The van der Waals surface area contributed by atoms with E-state index in [9.17, 15) is 4.79 Å². The number of nitrogens with one attached hydrogen (secondary N) is 3. The summed E-state index contributed by atoms with van der Waals surface area (Å²) in [7, 11) is 2.01. The van der Waals surface area contributed by atoms with Crippen LogP contribution < -0.4 is 5.32 Å². The van der Waals surface area contributed by atoms with Gasteiger partial charge in [-0.05, 0) is 44.7 Å². The van der Waals surface area contributed by atoms with Crippen LogP contribution in [0.15, 0.2) is 18.5 Å². The van der Waals surface area contributed by atoms with E-state index in [1.165, 1.54) is 44.9 Å². The molecule has 1 saturated carbocycles. The zero-order chi connectivity index (χ0) is 22.6. The van der Waals surface area contributed by atoms with Crippen LogP contribution in [-0.4, -0.2) is 52.5 Å². The highest BCUT2D eigenvalue weighted by Gasteiger charge is 2.12. The van der Waals surface area contributed by atoms with Crippen molar-refractivity contribution in [2.75, 3.05) is 20.3 Å². The minimum Gasteiger partial charge on any atom is -0.381 e. The number of pyridine rings is 1. The molecule has 5 rings (SSSR count). The first-order valence-electron chi connectivity index (χ1n) is 11.6. The van der Waals surface area contributed by atoms with E-state index in [-0.39, 0.29) is 0 Å². The number of aromatic nitrogens is 4. The number of carbonyl (C=O) groups excluding carboxylic acids is 1. The molecule has 0 amide bonds. The maximum atomic E-state index is 10.4. The molecule has 3 aromatic heterocycles. The van der Waals surface area contributed by atoms with E-state index in [1.807, 2.05) is 19.3 Å². The van der Waals surface area contributed by atoms with Gasteiger partial charge in [0.05, 0.1) is 24.2 Å². The van der Waals surface area contributed by atoms with Crippen LogP contribution in [0.4, 0.5) is 0 Å². The fourth-order valence-electron chi connectivity index (χ4n) is 4.21. The van der Waals surface area contributed by atoms with Gasteiger partial charge in [-0.25, -0.2) is 9.97 Å². The van der Waals surface area contributed by atoms with Crippen LogP contribution in [0, 0.1) is 17.2 Å². The fraction of sp³-hybridized carbons (Fsp3) is 0.583. The summed E-state index contributed by atoms with van der Waals surface area (Å²) in [6.07, 6.45) is 14.5. The van der Waals surface area contributed by atoms with Gasteiger partial charge < -0.3 is 24.8 Å². The van der Waals surface area contributed by atoms with Gasteiger partial charge in [-0.1, -0.05) is 19.3 Å². The van der Waals surface area contributed by atoms with E-state index in [4.69, 9.17) is 10.00 Å². The minimum absolute atomic E-state index is 0.306. The summed E-state index contributed by atoms with van der Waals surface area (Å²) >= 11 is 0. The van der Waals surface area contributed by atoms with Gasteiger partial charge in [0.15, 0.2) is 0 Å². The van der Waals surface area contributed by atoms with Crippen molar-refractivity contribution in [2.45, 2.75) is 63.8 Å². The molecule has 0 aromatic carbocycles. The quantitative estimate of drug-likeness (QED) is 0.529. The van der Waals surface area contributed by atoms with Gasteiger partial charge in [0.1, 0.15) is 23.3 Å². The van der Waals surface area contributed by atoms with Crippen LogP contribution in [0.2, 0.25) is 0 Å². The molecule has 2 aliphatic rings. The van der Waals surface area contributed by atoms with E-state index >= 15 is 0 Å². The molecule has 32 heavy (non-hydrogen) atoms. The molecule has 0 radical (unpaired) electrons. The molecule has 8 heteroatoms. The summed E-state index contributed by atoms with van der Waals surface area (Å²) < 4.78 is 5.16. The first kappa shape index (κ1) is 23.9. The van der Waals surface area contributed by atoms with Gasteiger partial charge in [0.25, 0.3) is 0 Å².